The van der Waals surface area contributed by atoms with Crippen LogP contribution < -0.4 is 4.72 Å². The molecule has 92 valence electrons. The highest BCUT2D eigenvalue weighted by Gasteiger charge is 2.11. The predicted molar refractivity (Wildman–Crippen MR) is 62.3 cm³/mol. The van der Waals surface area contributed by atoms with Crippen LogP contribution in [0.3, 0.4) is 0 Å². The molecule has 16 heavy (non-hydrogen) atoms. The molecule has 1 rings (SSSR count). The predicted octanol–water partition coefficient (Wildman–Crippen LogP) is -0.104. The fourth-order valence-electron chi connectivity index (χ4n) is 1.31. The Labute approximate surface area is 96.4 Å². The van der Waals surface area contributed by atoms with Crippen molar-refractivity contribution in [3.05, 3.63) is 17.5 Å². The first-order valence-corrected chi connectivity index (χ1v) is 6.45. The lowest BCUT2D eigenvalue weighted by atomic mass is 10.4. The van der Waals surface area contributed by atoms with E-state index >= 15 is 0 Å². The van der Waals surface area contributed by atoms with Gasteiger partial charge in [-0.1, -0.05) is 0 Å². The van der Waals surface area contributed by atoms with Gasteiger partial charge in [-0.25, -0.2) is 4.72 Å². The van der Waals surface area contributed by atoms with Crippen LogP contribution in [0.15, 0.2) is 6.07 Å². The molecule has 0 aliphatic heterocycles. The van der Waals surface area contributed by atoms with Crippen LogP contribution in [0.2, 0.25) is 0 Å². The molecule has 0 saturated heterocycles. The Bertz CT molecular complexity index is 450. The van der Waals surface area contributed by atoms with Gasteiger partial charge in [-0.2, -0.15) is 17.8 Å². The van der Waals surface area contributed by atoms with E-state index in [1.807, 2.05) is 19.9 Å². The van der Waals surface area contributed by atoms with Crippen LogP contribution >= 0.6 is 0 Å². The third kappa shape index (κ3) is 3.29. The normalized spacial score (nSPS) is 12.3. The molecular weight excluding hydrogens is 228 g/mol. The Morgan fingerprint density at radius 3 is 2.50 bits per heavy atom. The lowest BCUT2D eigenvalue weighted by Crippen LogP contribution is -2.37. The van der Waals surface area contributed by atoms with Gasteiger partial charge in [0.1, 0.15) is 0 Å². The summed E-state index contributed by atoms with van der Waals surface area (Å²) in [7, 11) is -0.349. The number of nitrogens with one attached hydrogen (secondary N) is 1. The molecule has 0 atom stereocenters. The van der Waals surface area contributed by atoms with Crippen LogP contribution in [0.1, 0.15) is 11.4 Å². The zero-order chi connectivity index (χ0) is 12.3. The minimum atomic E-state index is -3.33. The topological polar surface area (TPSA) is 67.2 Å². The fraction of sp³-hybridized carbons (Fsp3) is 0.667. The maximum atomic E-state index is 11.4. The minimum Gasteiger partial charge on any atom is -0.268 e. The molecule has 0 bridgehead atoms. The molecule has 1 aromatic rings. The number of aryl methyl sites for hydroxylation is 2. The summed E-state index contributed by atoms with van der Waals surface area (Å²) < 4.78 is 28.2. The van der Waals surface area contributed by atoms with Crippen LogP contribution in [0, 0.1) is 13.8 Å². The second-order valence-electron chi connectivity index (χ2n) is 3.83. The van der Waals surface area contributed by atoms with Crippen molar-refractivity contribution in [3.63, 3.8) is 0 Å². The van der Waals surface area contributed by atoms with Gasteiger partial charge in [-0.15, -0.1) is 0 Å². The summed E-state index contributed by atoms with van der Waals surface area (Å²) in [6.45, 7) is 4.73. The number of rotatable bonds is 5. The second kappa shape index (κ2) is 4.94. The van der Waals surface area contributed by atoms with E-state index in [9.17, 15) is 8.42 Å². The van der Waals surface area contributed by atoms with E-state index in [4.69, 9.17) is 0 Å². The molecule has 0 spiro atoms. The van der Waals surface area contributed by atoms with E-state index in [1.165, 1.54) is 14.1 Å². The highest BCUT2D eigenvalue weighted by atomic mass is 32.2. The summed E-state index contributed by atoms with van der Waals surface area (Å²) in [5.74, 6) is 0. The second-order valence-corrected chi connectivity index (χ2v) is 5.80. The van der Waals surface area contributed by atoms with E-state index in [0.717, 1.165) is 15.7 Å². The van der Waals surface area contributed by atoms with Crippen LogP contribution in [-0.2, 0) is 16.8 Å². The third-order valence-electron chi connectivity index (χ3n) is 2.19. The Kier molecular flexibility index (Phi) is 4.06. The van der Waals surface area contributed by atoms with Gasteiger partial charge in [-0.05, 0) is 19.9 Å². The SMILES string of the molecule is Cc1cc(C)n(CCNS(=O)(=O)N(C)C)n1. The maximum Gasteiger partial charge on any atom is 0.278 e. The van der Waals surface area contributed by atoms with Gasteiger partial charge in [0.2, 0.25) is 0 Å². The van der Waals surface area contributed by atoms with Crippen LogP contribution in [0.5, 0.6) is 0 Å². The van der Waals surface area contributed by atoms with Crippen LogP contribution in [0.4, 0.5) is 0 Å². The van der Waals surface area contributed by atoms with Gasteiger partial charge < -0.3 is 0 Å². The molecule has 0 aliphatic carbocycles. The molecule has 0 aliphatic rings. The highest BCUT2D eigenvalue weighted by molar-refractivity contribution is 7.87. The molecule has 0 amide bonds. The molecule has 0 unspecified atom stereocenters. The van der Waals surface area contributed by atoms with Crippen molar-refractivity contribution in [1.29, 1.82) is 0 Å². The largest absolute Gasteiger partial charge is 0.278 e. The summed E-state index contributed by atoms with van der Waals surface area (Å²) >= 11 is 0. The van der Waals surface area contributed by atoms with Crippen molar-refractivity contribution in [2.75, 3.05) is 20.6 Å². The standard InChI is InChI=1S/C9H18N4O2S/c1-8-7-9(2)13(11-8)6-5-10-16(14,15)12(3)4/h7,10H,5-6H2,1-4H3. The number of aromatic nitrogens is 2. The Balaban J connectivity index is 2.51. The van der Waals surface area contributed by atoms with Crippen molar-refractivity contribution in [2.24, 2.45) is 0 Å². The third-order valence-corrected chi connectivity index (χ3v) is 3.72. The van der Waals surface area contributed by atoms with E-state index in [0.29, 0.717) is 13.1 Å². The van der Waals surface area contributed by atoms with Gasteiger partial charge in [-0.3, -0.25) is 4.68 Å². The van der Waals surface area contributed by atoms with Gasteiger partial charge in [0.25, 0.3) is 10.2 Å². The van der Waals surface area contributed by atoms with Gasteiger partial charge >= 0.3 is 0 Å². The first-order chi connectivity index (χ1) is 7.33. The lowest BCUT2D eigenvalue weighted by Gasteiger charge is -2.12. The molecule has 0 aromatic carbocycles. The monoisotopic (exact) mass is 246 g/mol. The molecule has 6 nitrogen and oxygen atoms in total. The minimum absolute atomic E-state index is 0.336. The lowest BCUT2D eigenvalue weighted by molar-refractivity contribution is 0.496. The fourth-order valence-corrected chi connectivity index (χ4v) is 1.92. The highest BCUT2D eigenvalue weighted by Crippen LogP contribution is 2.00. The Morgan fingerprint density at radius 1 is 1.44 bits per heavy atom. The van der Waals surface area contributed by atoms with Crippen molar-refractivity contribution in [3.8, 4) is 0 Å². The first-order valence-electron chi connectivity index (χ1n) is 5.01. The Hall–Kier alpha value is -0.920. The van der Waals surface area contributed by atoms with Crippen molar-refractivity contribution in [2.45, 2.75) is 20.4 Å². The van der Waals surface area contributed by atoms with E-state index in [2.05, 4.69) is 9.82 Å². The number of nitrogens with zero attached hydrogens (tertiary/aromatic N) is 3. The van der Waals surface area contributed by atoms with Gasteiger partial charge in [0.05, 0.1) is 12.2 Å². The quantitative estimate of drug-likeness (QED) is 0.788. The molecule has 0 radical (unpaired) electrons. The molecule has 0 saturated carbocycles. The average Bonchev–Trinajstić information content (AvgIpc) is 2.44. The molecule has 0 fully saturated rings. The van der Waals surface area contributed by atoms with E-state index < -0.39 is 10.2 Å². The van der Waals surface area contributed by atoms with Crippen LogP contribution in [0.25, 0.3) is 0 Å². The Morgan fingerprint density at radius 2 is 2.06 bits per heavy atom. The molecule has 1 heterocycles. The summed E-state index contributed by atoms with van der Waals surface area (Å²) in [6.07, 6.45) is 0. The summed E-state index contributed by atoms with van der Waals surface area (Å²) in [4.78, 5) is 0. The molecule has 7 heteroatoms. The summed E-state index contributed by atoms with van der Waals surface area (Å²) in [5, 5.41) is 4.24. The van der Waals surface area contributed by atoms with E-state index in [-0.39, 0.29) is 0 Å². The maximum absolute atomic E-state index is 11.4. The van der Waals surface area contributed by atoms with E-state index in [1.54, 1.807) is 4.68 Å². The molecule has 1 aromatic heterocycles. The van der Waals surface area contributed by atoms with Gasteiger partial charge in [0.15, 0.2) is 0 Å². The van der Waals surface area contributed by atoms with Crippen molar-refractivity contribution in [1.82, 2.24) is 18.8 Å². The zero-order valence-corrected chi connectivity index (χ0v) is 10.9. The van der Waals surface area contributed by atoms with Crippen LogP contribution in [-0.4, -0.2) is 43.1 Å². The average molecular weight is 246 g/mol. The zero-order valence-electron chi connectivity index (χ0n) is 10.1. The van der Waals surface area contributed by atoms with Crippen molar-refractivity contribution < 1.29 is 8.42 Å². The molecule has 1 N–H and O–H groups in total. The molecular formula is C9H18N4O2S. The summed E-state index contributed by atoms with van der Waals surface area (Å²) in [5.41, 5.74) is 1.97. The number of hydrogen-bond donors (Lipinski definition) is 1. The smallest absolute Gasteiger partial charge is 0.268 e. The van der Waals surface area contributed by atoms with Gasteiger partial charge in [0, 0.05) is 26.3 Å². The number of hydrogen-bond acceptors (Lipinski definition) is 3. The first kappa shape index (κ1) is 13.1. The van der Waals surface area contributed by atoms with Crippen molar-refractivity contribution >= 4 is 10.2 Å². The summed E-state index contributed by atoms with van der Waals surface area (Å²) in [6, 6.07) is 1.96.